The van der Waals surface area contributed by atoms with Crippen LogP contribution in [-0.2, 0) is 12.8 Å². The second kappa shape index (κ2) is 5.10. The van der Waals surface area contributed by atoms with Crippen LogP contribution in [-0.4, -0.2) is 15.1 Å². The van der Waals surface area contributed by atoms with Gasteiger partial charge in [-0.1, -0.05) is 0 Å². The van der Waals surface area contributed by atoms with Crippen LogP contribution in [0.25, 0.3) is 33.1 Å². The van der Waals surface area contributed by atoms with E-state index in [0.717, 1.165) is 29.4 Å². The number of aromatic amines is 1. The molecule has 0 fully saturated rings. The van der Waals surface area contributed by atoms with Gasteiger partial charge in [-0.25, -0.2) is 0 Å². The minimum absolute atomic E-state index is 0.302. The minimum atomic E-state index is 0.302. The third-order valence-electron chi connectivity index (χ3n) is 5.14. The number of H-pyrrole nitrogens is 1. The fourth-order valence-corrected chi connectivity index (χ4v) is 3.96. The largest absolute Gasteiger partial charge is 0.508 e. The highest BCUT2D eigenvalue weighted by Crippen LogP contribution is 2.36. The molecule has 0 saturated carbocycles. The van der Waals surface area contributed by atoms with Crippen LogP contribution in [0.15, 0.2) is 48.7 Å². The summed E-state index contributed by atoms with van der Waals surface area (Å²) in [7, 11) is 0. The number of benzene rings is 2. The topological polar surface area (TPSA) is 48.9 Å². The van der Waals surface area contributed by atoms with Crippen molar-refractivity contribution < 1.29 is 5.11 Å². The highest BCUT2D eigenvalue weighted by atomic mass is 16.3. The van der Waals surface area contributed by atoms with E-state index in [1.165, 1.54) is 40.4 Å². The summed E-state index contributed by atoms with van der Waals surface area (Å²) in [5.41, 5.74) is 7.39. The summed E-state index contributed by atoms with van der Waals surface area (Å²) in [6.45, 7) is 0. The van der Waals surface area contributed by atoms with Gasteiger partial charge in [0.2, 0.25) is 0 Å². The predicted octanol–water partition coefficient (Wildman–Crippen LogP) is 4.97. The smallest absolute Gasteiger partial charge is 0.115 e. The first-order valence-electron chi connectivity index (χ1n) is 8.51. The number of fused-ring (bicyclic) bond motifs is 4. The van der Waals surface area contributed by atoms with Crippen LogP contribution in [0.3, 0.4) is 0 Å². The number of hydrogen-bond donors (Lipinski definition) is 2. The van der Waals surface area contributed by atoms with Gasteiger partial charge >= 0.3 is 0 Å². The predicted molar refractivity (Wildman–Crippen MR) is 97.3 cm³/mol. The molecule has 2 heterocycles. The summed E-state index contributed by atoms with van der Waals surface area (Å²) in [6.07, 6.45) is 6.59. The van der Waals surface area contributed by atoms with Crippen molar-refractivity contribution in [3.63, 3.8) is 0 Å². The van der Waals surface area contributed by atoms with E-state index in [2.05, 4.69) is 28.2 Å². The Labute approximate surface area is 140 Å². The van der Waals surface area contributed by atoms with E-state index >= 15 is 0 Å². The summed E-state index contributed by atoms with van der Waals surface area (Å²) in [4.78, 5) is 8.09. The molecule has 3 nitrogen and oxygen atoms in total. The molecular formula is C21H18N2O. The monoisotopic (exact) mass is 314 g/mol. The first kappa shape index (κ1) is 13.6. The normalized spacial score (nSPS) is 14.2. The molecule has 118 valence electrons. The Kier molecular flexibility index (Phi) is 2.89. The molecule has 0 unspecified atom stereocenters. The van der Waals surface area contributed by atoms with Crippen LogP contribution in [0.2, 0.25) is 0 Å². The van der Waals surface area contributed by atoms with Crippen molar-refractivity contribution in [1.82, 2.24) is 9.97 Å². The Morgan fingerprint density at radius 2 is 1.71 bits per heavy atom. The second-order valence-corrected chi connectivity index (χ2v) is 6.61. The third-order valence-corrected chi connectivity index (χ3v) is 5.14. The number of aromatic nitrogens is 2. The highest BCUT2D eigenvalue weighted by molar-refractivity contribution is 5.98. The lowest BCUT2D eigenvalue weighted by Gasteiger charge is -2.22. The molecule has 0 spiro atoms. The van der Waals surface area contributed by atoms with Crippen molar-refractivity contribution in [3.8, 4) is 17.0 Å². The van der Waals surface area contributed by atoms with Gasteiger partial charge in [0.1, 0.15) is 5.75 Å². The Bertz CT molecular complexity index is 1060. The molecule has 0 radical (unpaired) electrons. The van der Waals surface area contributed by atoms with Gasteiger partial charge in [0.15, 0.2) is 0 Å². The van der Waals surface area contributed by atoms with E-state index in [1.807, 2.05) is 18.3 Å². The standard InChI is InChI=1S/C21H18N2O/c24-15-7-5-13(6-8-15)21-17-4-2-1-3-16(17)18-11-14-9-10-22-19(14)12-20(18)23-21/h5-12,23-24H,1-4H2. The van der Waals surface area contributed by atoms with E-state index in [-0.39, 0.29) is 0 Å². The number of phenols is 1. The average molecular weight is 314 g/mol. The van der Waals surface area contributed by atoms with Crippen molar-refractivity contribution >= 4 is 21.8 Å². The summed E-state index contributed by atoms with van der Waals surface area (Å²) in [5, 5.41) is 12.1. The van der Waals surface area contributed by atoms with Gasteiger partial charge in [-0.05, 0) is 84.8 Å². The van der Waals surface area contributed by atoms with Crippen LogP contribution < -0.4 is 0 Å². The molecule has 2 N–H and O–H groups in total. The van der Waals surface area contributed by atoms with Crippen molar-refractivity contribution in [1.29, 1.82) is 0 Å². The van der Waals surface area contributed by atoms with E-state index in [9.17, 15) is 5.11 Å². The molecule has 0 atom stereocenters. The minimum Gasteiger partial charge on any atom is -0.508 e. The zero-order valence-corrected chi connectivity index (χ0v) is 13.3. The van der Waals surface area contributed by atoms with E-state index in [0.29, 0.717) is 5.75 Å². The summed E-state index contributed by atoms with van der Waals surface area (Å²) in [6, 6.07) is 14.0. The molecule has 0 bridgehead atoms. The van der Waals surface area contributed by atoms with Crippen LogP contribution >= 0.6 is 0 Å². The van der Waals surface area contributed by atoms with Gasteiger partial charge < -0.3 is 10.1 Å². The maximum absolute atomic E-state index is 9.59. The zero-order chi connectivity index (χ0) is 16.1. The quantitative estimate of drug-likeness (QED) is 0.521. The van der Waals surface area contributed by atoms with Gasteiger partial charge in [-0.15, -0.1) is 0 Å². The molecule has 5 rings (SSSR count). The number of rotatable bonds is 1. The number of pyridine rings is 1. The van der Waals surface area contributed by atoms with Crippen molar-refractivity contribution in [3.05, 3.63) is 59.8 Å². The SMILES string of the molecule is Oc1ccc(-c2[nH]c3cc4nccc4cc3c3c2CCCC3)cc1. The fraction of sp³-hybridized carbons (Fsp3) is 0.190. The van der Waals surface area contributed by atoms with Gasteiger partial charge in [-0.3, -0.25) is 4.98 Å². The second-order valence-electron chi connectivity index (χ2n) is 6.61. The number of nitrogens with one attached hydrogen (secondary N) is 1. The molecule has 0 amide bonds. The number of phenolic OH excluding ortho intramolecular Hbond substituents is 1. The molecule has 1 aliphatic rings. The van der Waals surface area contributed by atoms with Crippen LogP contribution in [0, 0.1) is 0 Å². The highest BCUT2D eigenvalue weighted by Gasteiger charge is 2.19. The Hall–Kier alpha value is -2.81. The van der Waals surface area contributed by atoms with E-state index < -0.39 is 0 Å². The van der Waals surface area contributed by atoms with Gasteiger partial charge in [0.25, 0.3) is 0 Å². The number of nitrogens with zero attached hydrogens (tertiary/aromatic N) is 1. The van der Waals surface area contributed by atoms with Crippen molar-refractivity contribution in [2.45, 2.75) is 25.7 Å². The lowest BCUT2D eigenvalue weighted by Crippen LogP contribution is -2.07. The van der Waals surface area contributed by atoms with E-state index in [1.54, 1.807) is 12.1 Å². The molecule has 3 heteroatoms. The maximum Gasteiger partial charge on any atom is 0.115 e. The summed E-state index contributed by atoms with van der Waals surface area (Å²) < 4.78 is 0. The van der Waals surface area contributed by atoms with Crippen molar-refractivity contribution in [2.75, 3.05) is 0 Å². The molecule has 1 aliphatic carbocycles. The Morgan fingerprint density at radius 3 is 2.54 bits per heavy atom. The number of hydrogen-bond acceptors (Lipinski definition) is 2. The van der Waals surface area contributed by atoms with Crippen LogP contribution in [0.4, 0.5) is 0 Å². The maximum atomic E-state index is 9.59. The van der Waals surface area contributed by atoms with E-state index in [4.69, 9.17) is 0 Å². The Morgan fingerprint density at radius 1 is 0.917 bits per heavy atom. The van der Waals surface area contributed by atoms with Crippen LogP contribution in [0.5, 0.6) is 5.75 Å². The van der Waals surface area contributed by atoms with Gasteiger partial charge in [-0.2, -0.15) is 0 Å². The molecule has 4 aromatic rings. The molecular weight excluding hydrogens is 296 g/mol. The lowest BCUT2D eigenvalue weighted by molar-refractivity contribution is 0.475. The van der Waals surface area contributed by atoms with Crippen molar-refractivity contribution in [2.24, 2.45) is 0 Å². The summed E-state index contributed by atoms with van der Waals surface area (Å²) in [5.74, 6) is 0.302. The Balaban J connectivity index is 1.85. The molecule has 2 aromatic carbocycles. The van der Waals surface area contributed by atoms with Gasteiger partial charge in [0, 0.05) is 28.2 Å². The average Bonchev–Trinajstić information content (AvgIpc) is 3.07. The molecule has 0 aliphatic heterocycles. The lowest BCUT2D eigenvalue weighted by atomic mass is 9.86. The molecule has 0 saturated heterocycles. The molecule has 2 aromatic heterocycles. The van der Waals surface area contributed by atoms with Gasteiger partial charge in [0.05, 0.1) is 5.52 Å². The third kappa shape index (κ3) is 2.01. The number of aromatic hydroxyl groups is 1. The first-order chi connectivity index (χ1) is 11.8. The van der Waals surface area contributed by atoms with Crippen LogP contribution in [0.1, 0.15) is 24.0 Å². The summed E-state index contributed by atoms with van der Waals surface area (Å²) >= 11 is 0. The number of aryl methyl sites for hydroxylation is 1. The first-order valence-corrected chi connectivity index (χ1v) is 8.51. The molecule has 24 heavy (non-hydrogen) atoms. The zero-order valence-electron chi connectivity index (χ0n) is 13.3. The fourth-order valence-electron chi connectivity index (χ4n) is 3.96.